The molecule has 0 radical (unpaired) electrons. The Kier molecular flexibility index (Phi) is 3.75. The first kappa shape index (κ1) is 14.3. The van der Waals surface area contributed by atoms with Crippen molar-refractivity contribution in [3.8, 4) is 0 Å². The van der Waals surface area contributed by atoms with Crippen molar-refractivity contribution in [2.75, 3.05) is 11.9 Å². The number of fused-ring (bicyclic) bond motifs is 1. The molecule has 20 heavy (non-hydrogen) atoms. The number of carbonyl (C=O) groups is 1. The van der Waals surface area contributed by atoms with Gasteiger partial charge in [-0.15, -0.1) is 11.3 Å². The van der Waals surface area contributed by atoms with Crippen molar-refractivity contribution in [3.05, 3.63) is 48.5 Å². The number of likely N-dealkylation sites (N-methyl/N-ethyl adjacent to an activating group) is 1. The van der Waals surface area contributed by atoms with Crippen molar-refractivity contribution in [1.82, 2.24) is 0 Å². The maximum atomic E-state index is 11.7. The first-order valence-electron chi connectivity index (χ1n) is 5.99. The summed E-state index contributed by atoms with van der Waals surface area (Å²) in [5.41, 5.74) is 3.54. The molecular weight excluding hydrogens is 406 g/mol. The first-order chi connectivity index (χ1) is 9.47. The fourth-order valence-corrected chi connectivity index (χ4v) is 5.26. The van der Waals surface area contributed by atoms with Gasteiger partial charge in [0.05, 0.1) is 14.0 Å². The molecule has 1 aliphatic heterocycles. The fraction of sp³-hybridized carbons (Fsp3) is 0.214. The molecule has 1 aliphatic rings. The molecule has 1 N–H and O–H groups in total. The lowest BCUT2D eigenvalue weighted by Gasteiger charge is -2.14. The second-order valence-corrected chi connectivity index (χ2v) is 8.45. The molecule has 0 aliphatic carbocycles. The second-order valence-electron chi connectivity index (χ2n) is 4.70. The number of aliphatic hydroxyl groups is 1. The van der Waals surface area contributed by atoms with Crippen molar-refractivity contribution >= 4 is 54.8 Å². The van der Waals surface area contributed by atoms with Gasteiger partial charge in [-0.05, 0) is 55.1 Å². The van der Waals surface area contributed by atoms with Crippen LogP contribution in [0.3, 0.4) is 0 Å². The zero-order chi connectivity index (χ0) is 14.4. The van der Waals surface area contributed by atoms with Crippen LogP contribution in [-0.4, -0.2) is 18.1 Å². The van der Waals surface area contributed by atoms with Crippen LogP contribution in [0.4, 0.5) is 5.69 Å². The molecule has 1 aromatic heterocycles. The second kappa shape index (κ2) is 5.26. The molecule has 104 valence electrons. The van der Waals surface area contributed by atoms with E-state index in [0.717, 1.165) is 30.0 Å². The molecule has 2 heterocycles. The van der Waals surface area contributed by atoms with Gasteiger partial charge in [0, 0.05) is 18.3 Å². The Labute approximate surface area is 137 Å². The van der Waals surface area contributed by atoms with Gasteiger partial charge in [0.25, 0.3) is 0 Å². The number of carbonyl (C=O) groups excluding carboxylic acids is 1. The van der Waals surface area contributed by atoms with Crippen molar-refractivity contribution in [2.24, 2.45) is 0 Å². The summed E-state index contributed by atoms with van der Waals surface area (Å²) in [6.45, 7) is 0. The lowest BCUT2D eigenvalue weighted by atomic mass is 10.0. The monoisotopic (exact) mass is 415 g/mol. The average molecular weight is 417 g/mol. The van der Waals surface area contributed by atoms with Crippen molar-refractivity contribution in [1.29, 1.82) is 0 Å². The first-order valence-corrected chi connectivity index (χ1v) is 8.40. The molecule has 3 nitrogen and oxygen atoms in total. The number of anilines is 1. The summed E-state index contributed by atoms with van der Waals surface area (Å²) in [6.07, 6.45) is -0.292. The quantitative estimate of drug-likeness (QED) is 0.807. The average Bonchev–Trinajstić information content (AvgIpc) is 2.89. The van der Waals surface area contributed by atoms with Crippen molar-refractivity contribution < 1.29 is 9.90 Å². The summed E-state index contributed by atoms with van der Waals surface area (Å²) in [5, 5.41) is 10.5. The van der Waals surface area contributed by atoms with E-state index in [-0.39, 0.29) is 5.91 Å². The maximum Gasteiger partial charge on any atom is 0.231 e. The molecule has 1 aromatic carbocycles. The molecule has 0 saturated heterocycles. The standard InChI is InChI=1S/C14H11Br2NO2S/c1-17-10-3-2-7(4-8(10)5-12(17)18)13(19)9-6-11(15)20-14(9)16/h2-4,6,13,19H,5H2,1H3. The van der Waals surface area contributed by atoms with Gasteiger partial charge < -0.3 is 10.0 Å². The number of thiophene rings is 1. The van der Waals surface area contributed by atoms with Crippen LogP contribution in [0.5, 0.6) is 0 Å². The van der Waals surface area contributed by atoms with Gasteiger partial charge >= 0.3 is 0 Å². The minimum atomic E-state index is -0.696. The van der Waals surface area contributed by atoms with Crippen LogP contribution in [0.15, 0.2) is 31.8 Å². The van der Waals surface area contributed by atoms with Crippen LogP contribution in [0.2, 0.25) is 0 Å². The van der Waals surface area contributed by atoms with Gasteiger partial charge in [-0.2, -0.15) is 0 Å². The molecular formula is C14H11Br2NO2S. The third kappa shape index (κ3) is 2.35. The zero-order valence-corrected chi connectivity index (χ0v) is 14.5. The van der Waals surface area contributed by atoms with Crippen LogP contribution in [0.25, 0.3) is 0 Å². The molecule has 1 atom stereocenters. The van der Waals surface area contributed by atoms with Gasteiger partial charge in [-0.3, -0.25) is 4.79 Å². The van der Waals surface area contributed by atoms with Crippen molar-refractivity contribution in [3.63, 3.8) is 0 Å². The third-order valence-corrected chi connectivity index (χ3v) is 5.86. The van der Waals surface area contributed by atoms with Crippen LogP contribution in [-0.2, 0) is 11.2 Å². The Morgan fingerprint density at radius 1 is 1.35 bits per heavy atom. The highest BCUT2D eigenvalue weighted by molar-refractivity contribution is 9.12. The van der Waals surface area contributed by atoms with E-state index in [4.69, 9.17) is 0 Å². The smallest absolute Gasteiger partial charge is 0.231 e. The van der Waals surface area contributed by atoms with Gasteiger partial charge in [0.15, 0.2) is 0 Å². The van der Waals surface area contributed by atoms with E-state index in [2.05, 4.69) is 31.9 Å². The molecule has 3 rings (SSSR count). The number of hydrogen-bond acceptors (Lipinski definition) is 3. The van der Waals surface area contributed by atoms with E-state index in [0.29, 0.717) is 6.42 Å². The van der Waals surface area contributed by atoms with Crippen LogP contribution >= 0.6 is 43.2 Å². The summed E-state index contributed by atoms with van der Waals surface area (Å²) < 4.78 is 1.88. The fourth-order valence-electron chi connectivity index (χ4n) is 2.38. The van der Waals surface area contributed by atoms with E-state index in [9.17, 15) is 9.90 Å². The number of nitrogens with zero attached hydrogens (tertiary/aromatic N) is 1. The Hall–Kier alpha value is -0.690. The summed E-state index contributed by atoms with van der Waals surface area (Å²) in [5.74, 6) is 0.0890. The number of halogens is 2. The lowest BCUT2D eigenvalue weighted by Crippen LogP contribution is -2.20. The highest BCUT2D eigenvalue weighted by Gasteiger charge is 2.25. The number of aliphatic hydroxyl groups excluding tert-OH is 1. The topological polar surface area (TPSA) is 40.5 Å². The summed E-state index contributed by atoms with van der Waals surface area (Å²) in [6, 6.07) is 7.59. The molecule has 0 saturated carbocycles. The van der Waals surface area contributed by atoms with E-state index in [1.165, 1.54) is 11.3 Å². The number of hydrogen-bond donors (Lipinski definition) is 1. The Balaban J connectivity index is 1.98. The van der Waals surface area contributed by atoms with E-state index in [1.54, 1.807) is 11.9 Å². The Bertz CT molecular complexity index is 698. The molecule has 6 heteroatoms. The van der Waals surface area contributed by atoms with Crippen LogP contribution < -0.4 is 4.90 Å². The predicted molar refractivity (Wildman–Crippen MR) is 87.3 cm³/mol. The Morgan fingerprint density at radius 3 is 2.75 bits per heavy atom. The summed E-state index contributed by atoms with van der Waals surface area (Å²) in [4.78, 5) is 13.3. The Morgan fingerprint density at radius 2 is 2.10 bits per heavy atom. The molecule has 1 amide bonds. The SMILES string of the molecule is CN1C(=O)Cc2cc(C(O)c3cc(Br)sc3Br)ccc21. The predicted octanol–water partition coefficient (Wildman–Crippen LogP) is 3.87. The number of amides is 1. The largest absolute Gasteiger partial charge is 0.384 e. The number of benzene rings is 1. The highest BCUT2D eigenvalue weighted by Crippen LogP contribution is 2.39. The molecule has 0 spiro atoms. The van der Waals surface area contributed by atoms with Crippen LogP contribution in [0.1, 0.15) is 22.8 Å². The van der Waals surface area contributed by atoms with Gasteiger partial charge in [0.2, 0.25) is 5.91 Å². The van der Waals surface area contributed by atoms with Crippen LogP contribution in [0, 0.1) is 0 Å². The van der Waals surface area contributed by atoms with E-state index < -0.39 is 6.10 Å². The van der Waals surface area contributed by atoms with Gasteiger partial charge in [-0.25, -0.2) is 0 Å². The summed E-state index contributed by atoms with van der Waals surface area (Å²) in [7, 11) is 1.77. The maximum absolute atomic E-state index is 11.7. The normalized spacial score (nSPS) is 15.6. The van der Waals surface area contributed by atoms with E-state index in [1.807, 2.05) is 24.3 Å². The molecule has 0 bridgehead atoms. The van der Waals surface area contributed by atoms with Gasteiger partial charge in [-0.1, -0.05) is 12.1 Å². The molecule has 1 unspecified atom stereocenters. The highest BCUT2D eigenvalue weighted by atomic mass is 79.9. The van der Waals surface area contributed by atoms with Crippen molar-refractivity contribution in [2.45, 2.75) is 12.5 Å². The van der Waals surface area contributed by atoms with E-state index >= 15 is 0 Å². The minimum absolute atomic E-state index is 0.0890. The van der Waals surface area contributed by atoms with Gasteiger partial charge in [0.1, 0.15) is 6.10 Å². The summed E-state index contributed by atoms with van der Waals surface area (Å²) >= 11 is 8.41. The molecule has 2 aromatic rings. The zero-order valence-electron chi connectivity index (χ0n) is 10.6. The molecule has 0 fully saturated rings. The number of rotatable bonds is 2. The minimum Gasteiger partial charge on any atom is -0.384 e. The lowest BCUT2D eigenvalue weighted by molar-refractivity contribution is -0.117. The third-order valence-electron chi connectivity index (χ3n) is 3.47.